The maximum atomic E-state index is 13.7. The number of ether oxygens (including phenoxy) is 1. The molecule has 1 heterocycles. The van der Waals surface area contributed by atoms with Crippen molar-refractivity contribution < 1.29 is 18.7 Å². The van der Waals surface area contributed by atoms with E-state index in [4.69, 9.17) is 4.74 Å². The van der Waals surface area contributed by atoms with Crippen molar-refractivity contribution in [1.82, 2.24) is 4.90 Å². The number of methoxy groups -OCH3 is 1. The second-order valence-corrected chi connectivity index (χ2v) is 7.35. The molecule has 0 aromatic heterocycles. The first-order chi connectivity index (χ1) is 15.5. The van der Waals surface area contributed by atoms with E-state index in [1.807, 2.05) is 42.2 Å². The summed E-state index contributed by atoms with van der Waals surface area (Å²) in [5, 5.41) is 0. The number of imide groups is 1. The summed E-state index contributed by atoms with van der Waals surface area (Å²) in [6.07, 6.45) is 0. The SMILES string of the molecule is CCN(Cc1ccccc1)C1=C(c2ccc(F)cc2)C(=O)N(c2ccccc2OC)C1=O. The van der Waals surface area contributed by atoms with Gasteiger partial charge < -0.3 is 9.64 Å². The van der Waals surface area contributed by atoms with Gasteiger partial charge in [-0.25, -0.2) is 9.29 Å². The molecule has 0 unspecified atom stereocenters. The normalized spacial score (nSPS) is 13.7. The largest absolute Gasteiger partial charge is 0.495 e. The molecule has 162 valence electrons. The molecular weight excluding hydrogens is 407 g/mol. The van der Waals surface area contributed by atoms with Crippen LogP contribution in [-0.2, 0) is 16.1 Å². The minimum Gasteiger partial charge on any atom is -0.495 e. The van der Waals surface area contributed by atoms with Crippen molar-refractivity contribution in [3.05, 3.63) is 102 Å². The highest BCUT2D eigenvalue weighted by molar-refractivity contribution is 6.45. The van der Waals surface area contributed by atoms with Gasteiger partial charge in [-0.2, -0.15) is 0 Å². The first-order valence-corrected chi connectivity index (χ1v) is 10.4. The summed E-state index contributed by atoms with van der Waals surface area (Å²) in [7, 11) is 1.49. The smallest absolute Gasteiger partial charge is 0.282 e. The highest BCUT2D eigenvalue weighted by atomic mass is 19.1. The number of halogens is 1. The van der Waals surface area contributed by atoms with Gasteiger partial charge in [0.15, 0.2) is 0 Å². The Kier molecular flexibility index (Phi) is 6.03. The molecule has 0 aliphatic carbocycles. The average molecular weight is 430 g/mol. The third kappa shape index (κ3) is 3.87. The molecular formula is C26H23FN2O3. The standard InChI is InChI=1S/C26H23FN2O3/c1-3-28(17-18-9-5-4-6-10-18)24-23(19-13-15-20(27)16-14-19)25(30)29(26(24)31)21-11-7-8-12-22(21)32-2/h4-16H,3,17H2,1-2H3. The molecule has 0 fully saturated rings. The van der Waals surface area contributed by atoms with Crippen LogP contribution in [0.4, 0.5) is 10.1 Å². The monoisotopic (exact) mass is 430 g/mol. The second-order valence-electron chi connectivity index (χ2n) is 7.35. The van der Waals surface area contributed by atoms with Crippen molar-refractivity contribution in [2.24, 2.45) is 0 Å². The summed E-state index contributed by atoms with van der Waals surface area (Å²) in [5.41, 5.74) is 2.41. The van der Waals surface area contributed by atoms with Gasteiger partial charge in [-0.1, -0.05) is 54.6 Å². The first kappa shape index (κ1) is 21.3. The van der Waals surface area contributed by atoms with Crippen molar-refractivity contribution >= 4 is 23.1 Å². The van der Waals surface area contributed by atoms with Crippen molar-refractivity contribution in [1.29, 1.82) is 0 Å². The number of anilines is 1. The predicted octanol–water partition coefficient (Wildman–Crippen LogP) is 4.64. The van der Waals surface area contributed by atoms with Crippen LogP contribution >= 0.6 is 0 Å². The quantitative estimate of drug-likeness (QED) is 0.513. The second kappa shape index (κ2) is 9.06. The lowest BCUT2D eigenvalue weighted by atomic mass is 10.0. The third-order valence-electron chi connectivity index (χ3n) is 5.43. The van der Waals surface area contributed by atoms with E-state index in [9.17, 15) is 14.0 Å². The van der Waals surface area contributed by atoms with E-state index in [0.29, 0.717) is 35.8 Å². The lowest BCUT2D eigenvalue weighted by molar-refractivity contribution is -0.120. The van der Waals surface area contributed by atoms with Gasteiger partial charge in [0.05, 0.1) is 18.4 Å². The van der Waals surface area contributed by atoms with Crippen molar-refractivity contribution in [2.75, 3.05) is 18.6 Å². The molecule has 0 radical (unpaired) electrons. The Morgan fingerprint density at radius 2 is 1.53 bits per heavy atom. The number of nitrogens with zero attached hydrogens (tertiary/aromatic N) is 2. The molecule has 0 saturated carbocycles. The van der Waals surface area contributed by atoms with Gasteiger partial charge in [0, 0.05) is 13.1 Å². The Morgan fingerprint density at radius 3 is 2.19 bits per heavy atom. The van der Waals surface area contributed by atoms with Gasteiger partial charge in [-0.05, 0) is 42.3 Å². The summed E-state index contributed by atoms with van der Waals surface area (Å²) in [6, 6.07) is 22.3. The number of benzene rings is 3. The molecule has 3 aromatic carbocycles. The van der Waals surface area contributed by atoms with E-state index in [1.54, 1.807) is 24.3 Å². The Bertz CT molecular complexity index is 1170. The third-order valence-corrected chi connectivity index (χ3v) is 5.43. The fourth-order valence-corrected chi connectivity index (χ4v) is 3.87. The number of likely N-dealkylation sites (N-methyl/N-ethyl adjacent to an activating group) is 1. The lowest BCUT2D eigenvalue weighted by Gasteiger charge is -2.25. The Morgan fingerprint density at radius 1 is 0.875 bits per heavy atom. The fraction of sp³-hybridized carbons (Fsp3) is 0.154. The van der Waals surface area contributed by atoms with Crippen LogP contribution in [0.5, 0.6) is 5.75 Å². The molecule has 2 amide bonds. The number of carbonyl (C=O) groups is 2. The van der Waals surface area contributed by atoms with Crippen LogP contribution < -0.4 is 9.64 Å². The van der Waals surface area contributed by atoms with Crippen LogP contribution in [0.1, 0.15) is 18.1 Å². The van der Waals surface area contributed by atoms with Gasteiger partial charge in [-0.15, -0.1) is 0 Å². The van der Waals surface area contributed by atoms with Gasteiger partial charge in [0.25, 0.3) is 11.8 Å². The van der Waals surface area contributed by atoms with Gasteiger partial charge >= 0.3 is 0 Å². The number of carbonyl (C=O) groups excluding carboxylic acids is 2. The highest BCUT2D eigenvalue weighted by Gasteiger charge is 2.43. The van der Waals surface area contributed by atoms with Crippen LogP contribution in [0.15, 0.2) is 84.6 Å². The first-order valence-electron chi connectivity index (χ1n) is 10.4. The Labute approximate surface area is 186 Å². The molecule has 3 aromatic rings. The van der Waals surface area contributed by atoms with Crippen LogP contribution in [-0.4, -0.2) is 30.4 Å². The summed E-state index contributed by atoms with van der Waals surface area (Å²) >= 11 is 0. The van der Waals surface area contributed by atoms with Gasteiger partial charge in [0.1, 0.15) is 17.3 Å². The van der Waals surface area contributed by atoms with Crippen LogP contribution in [0.2, 0.25) is 0 Å². The van der Waals surface area contributed by atoms with E-state index in [1.165, 1.54) is 31.4 Å². The number of amides is 2. The number of para-hydroxylation sites is 2. The molecule has 5 nitrogen and oxygen atoms in total. The minimum atomic E-state index is -0.465. The van der Waals surface area contributed by atoms with Crippen LogP contribution in [0.25, 0.3) is 5.57 Å². The van der Waals surface area contributed by atoms with E-state index in [-0.39, 0.29) is 5.57 Å². The highest BCUT2D eigenvalue weighted by Crippen LogP contribution is 2.38. The maximum absolute atomic E-state index is 13.7. The van der Waals surface area contributed by atoms with E-state index in [2.05, 4.69) is 0 Å². The average Bonchev–Trinajstić information content (AvgIpc) is 3.08. The van der Waals surface area contributed by atoms with Crippen LogP contribution in [0, 0.1) is 5.82 Å². The number of rotatable bonds is 7. The molecule has 0 saturated heterocycles. The van der Waals surface area contributed by atoms with E-state index < -0.39 is 17.6 Å². The lowest BCUT2D eigenvalue weighted by Crippen LogP contribution is -2.35. The van der Waals surface area contributed by atoms with Gasteiger partial charge in [-0.3, -0.25) is 9.59 Å². The van der Waals surface area contributed by atoms with Crippen molar-refractivity contribution in [3.63, 3.8) is 0 Å². The fourth-order valence-electron chi connectivity index (χ4n) is 3.87. The summed E-state index contributed by atoms with van der Waals surface area (Å²) in [4.78, 5) is 30.3. The predicted molar refractivity (Wildman–Crippen MR) is 121 cm³/mol. The molecule has 1 aliphatic rings. The molecule has 0 N–H and O–H groups in total. The minimum absolute atomic E-state index is 0.249. The molecule has 0 atom stereocenters. The molecule has 1 aliphatic heterocycles. The zero-order valence-corrected chi connectivity index (χ0v) is 17.9. The molecule has 0 bridgehead atoms. The van der Waals surface area contributed by atoms with Crippen molar-refractivity contribution in [2.45, 2.75) is 13.5 Å². The summed E-state index contributed by atoms with van der Waals surface area (Å²) < 4.78 is 19.0. The van der Waals surface area contributed by atoms with E-state index in [0.717, 1.165) is 10.5 Å². The Balaban J connectivity index is 1.85. The summed E-state index contributed by atoms with van der Waals surface area (Å²) in [5.74, 6) is -0.893. The molecule has 6 heteroatoms. The molecule has 4 rings (SSSR count). The number of hydrogen-bond acceptors (Lipinski definition) is 4. The molecule has 0 spiro atoms. The zero-order valence-electron chi connectivity index (χ0n) is 17.9. The van der Waals surface area contributed by atoms with Crippen LogP contribution in [0.3, 0.4) is 0 Å². The summed E-state index contributed by atoms with van der Waals surface area (Å²) in [6.45, 7) is 2.89. The zero-order chi connectivity index (χ0) is 22.7. The van der Waals surface area contributed by atoms with E-state index >= 15 is 0 Å². The Hall–Kier alpha value is -3.93. The number of hydrogen-bond donors (Lipinski definition) is 0. The maximum Gasteiger partial charge on any atom is 0.282 e. The van der Waals surface area contributed by atoms with Crippen molar-refractivity contribution in [3.8, 4) is 5.75 Å². The topological polar surface area (TPSA) is 49.9 Å². The van der Waals surface area contributed by atoms with Gasteiger partial charge in [0.2, 0.25) is 0 Å². The molecule has 32 heavy (non-hydrogen) atoms.